The molecule has 7 aromatic carbocycles. The molecule has 9 aromatic rings. The number of hydrogen-bond acceptors (Lipinski definition) is 2. The first-order valence-electron chi connectivity index (χ1n) is 15.4. The number of para-hydroxylation sites is 3. The molecule has 5 heteroatoms. The van der Waals surface area contributed by atoms with Gasteiger partial charge in [-0.3, -0.25) is 4.57 Å². The summed E-state index contributed by atoms with van der Waals surface area (Å²) >= 11 is 0. The molecule has 0 bridgehead atoms. The Morgan fingerprint density at radius 1 is 0.553 bits per heavy atom. The van der Waals surface area contributed by atoms with E-state index in [4.69, 9.17) is 4.98 Å². The predicted molar refractivity (Wildman–Crippen MR) is 186 cm³/mol. The molecule has 0 aliphatic carbocycles. The summed E-state index contributed by atoms with van der Waals surface area (Å²) in [7, 11) is 0. The molecule has 0 unspecified atom stereocenters. The smallest absolute Gasteiger partial charge is 0.868 e. The van der Waals surface area contributed by atoms with Gasteiger partial charge >= 0.3 is 18.9 Å². The Bertz CT molecular complexity index is 2590. The number of fused-ring (bicyclic) bond motifs is 4. The number of rotatable bonds is 4. The first kappa shape index (κ1) is 28.8. The van der Waals surface area contributed by atoms with E-state index in [1.165, 1.54) is 0 Å². The van der Waals surface area contributed by atoms with Gasteiger partial charge in [-0.15, -0.1) is 0 Å². The molecule has 0 atom stereocenters. The van der Waals surface area contributed by atoms with Gasteiger partial charge in [0.15, 0.2) is 6.20 Å². The molecule has 0 fully saturated rings. The summed E-state index contributed by atoms with van der Waals surface area (Å²) in [6.45, 7) is 0. The molecule has 0 amide bonds. The molecule has 216 valence electrons. The summed E-state index contributed by atoms with van der Waals surface area (Å²) in [4.78, 5) is 8.21. The third-order valence-electron chi connectivity index (χ3n) is 8.97. The van der Waals surface area contributed by atoms with E-state index in [-0.39, 0.29) is 24.6 Å². The second-order valence-electron chi connectivity index (χ2n) is 11.7. The minimum atomic E-state index is 0. The van der Waals surface area contributed by atoms with Crippen LogP contribution in [-0.2, 0) is 0 Å². The van der Waals surface area contributed by atoms with Gasteiger partial charge in [0.1, 0.15) is 5.82 Å². The monoisotopic (exact) mass is 596 g/mol. The SMILES string of the molecule is [Li+].[O-]c1c(-c2c3ccccc3cc3cc(-c4ccc(-c5nc6ccccc6n5-c5ccccc5)cc4)ccc23)ccc2ccc[nH+]c12. The number of aromatic amines is 1. The second kappa shape index (κ2) is 11.6. The summed E-state index contributed by atoms with van der Waals surface area (Å²) in [6, 6.07) is 52.3. The van der Waals surface area contributed by atoms with E-state index in [9.17, 15) is 5.11 Å². The zero-order chi connectivity index (χ0) is 30.6. The fourth-order valence-corrected chi connectivity index (χ4v) is 6.78. The van der Waals surface area contributed by atoms with Crippen molar-refractivity contribution in [3.05, 3.63) is 158 Å². The standard InChI is InChI=1S/C42H27N3O.Li/c46-41-36(23-20-28-10-8-24-43-40(28)41)39-34-13-5-4-9-31(34)26-32-25-30(21-22-35(32)39)27-16-18-29(19-17-27)42-44-37-14-6-7-15-38(37)45(42)33-11-2-1-3-12-33;/h1-26,46H;/q;+1. The molecule has 4 nitrogen and oxygen atoms in total. The number of H-pyrrole nitrogens is 1. The van der Waals surface area contributed by atoms with E-state index in [1.54, 1.807) is 0 Å². The zero-order valence-electron chi connectivity index (χ0n) is 25.8. The number of hydrogen-bond donors (Lipinski definition) is 0. The van der Waals surface area contributed by atoms with E-state index < -0.39 is 0 Å². The van der Waals surface area contributed by atoms with Gasteiger partial charge in [-0.25, -0.2) is 9.97 Å². The van der Waals surface area contributed by atoms with Crippen molar-refractivity contribution in [1.82, 2.24) is 9.55 Å². The van der Waals surface area contributed by atoms with Crippen molar-refractivity contribution in [2.75, 3.05) is 0 Å². The van der Waals surface area contributed by atoms with Crippen LogP contribution in [0.4, 0.5) is 0 Å². The van der Waals surface area contributed by atoms with Crippen molar-refractivity contribution in [3.8, 4) is 45.1 Å². The van der Waals surface area contributed by atoms with Crippen molar-refractivity contribution in [3.63, 3.8) is 0 Å². The van der Waals surface area contributed by atoms with Gasteiger partial charge in [-0.2, -0.15) is 0 Å². The number of pyridine rings is 1. The van der Waals surface area contributed by atoms with Crippen LogP contribution in [0.1, 0.15) is 0 Å². The van der Waals surface area contributed by atoms with E-state index in [2.05, 4.69) is 119 Å². The van der Waals surface area contributed by atoms with Crippen molar-refractivity contribution >= 4 is 43.5 Å². The van der Waals surface area contributed by atoms with Crippen LogP contribution in [0.2, 0.25) is 0 Å². The van der Waals surface area contributed by atoms with Gasteiger partial charge in [-0.05, 0) is 98.1 Å². The second-order valence-corrected chi connectivity index (χ2v) is 11.7. The third kappa shape index (κ3) is 4.78. The molecule has 0 radical (unpaired) electrons. The van der Waals surface area contributed by atoms with Crippen LogP contribution in [0.3, 0.4) is 0 Å². The summed E-state index contributed by atoms with van der Waals surface area (Å²) in [5.41, 5.74) is 8.71. The fourth-order valence-electron chi connectivity index (χ4n) is 6.78. The molecule has 0 aliphatic rings. The van der Waals surface area contributed by atoms with Gasteiger partial charge in [-0.1, -0.05) is 97.1 Å². The van der Waals surface area contributed by atoms with Crippen molar-refractivity contribution < 1.29 is 29.0 Å². The molecule has 0 aliphatic heterocycles. The average molecular weight is 597 g/mol. The van der Waals surface area contributed by atoms with Crippen LogP contribution in [0.5, 0.6) is 5.75 Å². The number of benzene rings is 7. The summed E-state index contributed by atoms with van der Waals surface area (Å²) in [5.74, 6) is 0.923. The fraction of sp³-hybridized carbons (Fsp3) is 0. The Labute approximate surface area is 283 Å². The molecule has 9 rings (SSSR count). The minimum absolute atomic E-state index is 0. The summed E-state index contributed by atoms with van der Waals surface area (Å²) in [6.07, 6.45) is 1.81. The Balaban J connectivity index is 0.00000324. The molecule has 47 heavy (non-hydrogen) atoms. The predicted octanol–water partition coefficient (Wildman–Crippen LogP) is 6.38. The molecule has 2 heterocycles. The molecule has 1 N–H and O–H groups in total. The normalized spacial score (nSPS) is 11.3. The van der Waals surface area contributed by atoms with Gasteiger partial charge in [0, 0.05) is 22.7 Å². The quantitative estimate of drug-likeness (QED) is 0.175. The van der Waals surface area contributed by atoms with Crippen LogP contribution < -0.4 is 29.0 Å². The minimum Gasteiger partial charge on any atom is -0.868 e. The molecule has 0 spiro atoms. The first-order chi connectivity index (χ1) is 22.7. The summed E-state index contributed by atoms with van der Waals surface area (Å²) < 4.78 is 2.22. The van der Waals surface area contributed by atoms with E-state index in [1.807, 2.05) is 48.7 Å². The van der Waals surface area contributed by atoms with Crippen LogP contribution in [0, 0.1) is 0 Å². The van der Waals surface area contributed by atoms with Crippen LogP contribution in [0.15, 0.2) is 158 Å². The largest absolute Gasteiger partial charge is 1.00 e. The summed E-state index contributed by atoms with van der Waals surface area (Å²) in [5, 5.41) is 19.0. The topological polar surface area (TPSA) is 55.0 Å². The molecule has 0 saturated heterocycles. The maximum atomic E-state index is 13.8. The van der Waals surface area contributed by atoms with Gasteiger partial charge in [0.2, 0.25) is 5.52 Å². The average Bonchev–Trinajstić information content (AvgIpc) is 3.51. The maximum Gasteiger partial charge on any atom is 1.00 e. The molecule has 2 aromatic heterocycles. The third-order valence-corrected chi connectivity index (χ3v) is 8.97. The van der Waals surface area contributed by atoms with Gasteiger partial charge < -0.3 is 5.11 Å². The molecular formula is C42H27LiN3O+. The van der Waals surface area contributed by atoms with Crippen molar-refractivity contribution in [2.24, 2.45) is 0 Å². The van der Waals surface area contributed by atoms with Crippen LogP contribution >= 0.6 is 0 Å². The van der Waals surface area contributed by atoms with Crippen molar-refractivity contribution in [1.29, 1.82) is 0 Å². The van der Waals surface area contributed by atoms with E-state index in [0.29, 0.717) is 11.1 Å². The Morgan fingerprint density at radius 3 is 2.13 bits per heavy atom. The van der Waals surface area contributed by atoms with Gasteiger partial charge in [0.25, 0.3) is 0 Å². The number of nitrogens with one attached hydrogen (secondary N) is 1. The van der Waals surface area contributed by atoms with Crippen molar-refractivity contribution in [2.45, 2.75) is 0 Å². The first-order valence-corrected chi connectivity index (χ1v) is 15.4. The number of nitrogens with zero attached hydrogens (tertiary/aromatic N) is 2. The number of imidazole rings is 1. The Hall–Kier alpha value is -5.66. The van der Waals surface area contributed by atoms with Crippen LogP contribution in [-0.4, -0.2) is 9.55 Å². The Kier molecular flexibility index (Phi) is 7.11. The number of aromatic nitrogens is 3. The molecule has 0 saturated carbocycles. The maximum absolute atomic E-state index is 13.8. The zero-order valence-corrected chi connectivity index (χ0v) is 25.8. The van der Waals surface area contributed by atoms with E-state index in [0.717, 1.165) is 71.7 Å². The van der Waals surface area contributed by atoms with E-state index >= 15 is 0 Å². The Morgan fingerprint density at radius 2 is 1.26 bits per heavy atom. The van der Waals surface area contributed by atoms with Crippen LogP contribution in [0.25, 0.3) is 82.8 Å². The molecular weight excluding hydrogens is 569 g/mol. The van der Waals surface area contributed by atoms with Gasteiger partial charge in [0.05, 0.1) is 11.0 Å².